The van der Waals surface area contributed by atoms with Crippen molar-refractivity contribution in [2.24, 2.45) is 0 Å². The maximum atomic E-state index is 12.5. The largest absolute Gasteiger partial charge is 0.466 e. The lowest BCUT2D eigenvalue weighted by Crippen LogP contribution is -2.45. The van der Waals surface area contributed by atoms with Gasteiger partial charge >= 0.3 is 5.97 Å². The van der Waals surface area contributed by atoms with Gasteiger partial charge in [0.25, 0.3) is 0 Å². The number of carbonyl (C=O) groups is 2. The van der Waals surface area contributed by atoms with Gasteiger partial charge in [-0.1, -0.05) is 288 Å². The van der Waals surface area contributed by atoms with Crippen molar-refractivity contribution in [2.75, 3.05) is 13.2 Å². The molecule has 0 aliphatic heterocycles. The molecule has 2 atom stereocenters. The summed E-state index contributed by atoms with van der Waals surface area (Å²) in [6.07, 6.45) is 73.1. The van der Waals surface area contributed by atoms with E-state index < -0.39 is 12.1 Å². The molecule has 69 heavy (non-hydrogen) atoms. The van der Waals surface area contributed by atoms with Gasteiger partial charge in [0.1, 0.15) is 0 Å². The number of ether oxygens (including phenoxy) is 1. The zero-order valence-electron chi connectivity index (χ0n) is 46.3. The van der Waals surface area contributed by atoms with Crippen LogP contribution < -0.4 is 5.32 Å². The summed E-state index contributed by atoms with van der Waals surface area (Å²) in [4.78, 5) is 24.6. The van der Waals surface area contributed by atoms with Crippen LogP contribution in [0.2, 0.25) is 0 Å². The van der Waals surface area contributed by atoms with E-state index in [2.05, 4.69) is 43.5 Å². The molecule has 0 heterocycles. The van der Waals surface area contributed by atoms with E-state index in [1.807, 2.05) is 6.08 Å². The van der Waals surface area contributed by atoms with E-state index in [4.69, 9.17) is 4.74 Å². The van der Waals surface area contributed by atoms with Crippen molar-refractivity contribution >= 4 is 11.9 Å². The fraction of sp³-hybridized carbons (Fsp3) is 0.873. The topological polar surface area (TPSA) is 95.9 Å². The maximum Gasteiger partial charge on any atom is 0.305 e. The molecule has 0 aromatic rings. The average molecular weight is 971 g/mol. The highest BCUT2D eigenvalue weighted by atomic mass is 16.5. The molecule has 0 fully saturated rings. The van der Waals surface area contributed by atoms with Crippen molar-refractivity contribution in [3.05, 3.63) is 36.5 Å². The molecule has 0 rings (SSSR count). The van der Waals surface area contributed by atoms with Gasteiger partial charge in [-0.2, -0.15) is 0 Å². The van der Waals surface area contributed by atoms with E-state index in [9.17, 15) is 19.8 Å². The lowest BCUT2D eigenvalue weighted by Gasteiger charge is -2.20. The molecule has 406 valence electrons. The van der Waals surface area contributed by atoms with Crippen LogP contribution >= 0.6 is 0 Å². The number of unbranched alkanes of at least 4 members (excludes halogenated alkanes) is 42. The van der Waals surface area contributed by atoms with Crippen LogP contribution in [0.25, 0.3) is 0 Å². The second kappa shape index (κ2) is 58.6. The number of rotatable bonds is 57. The Morgan fingerprint density at radius 1 is 0.406 bits per heavy atom. The van der Waals surface area contributed by atoms with Crippen molar-refractivity contribution < 1.29 is 24.5 Å². The molecule has 0 saturated heterocycles. The Hall–Kier alpha value is -1.92. The average Bonchev–Trinajstić information content (AvgIpc) is 3.35. The fourth-order valence-corrected chi connectivity index (χ4v) is 9.43. The Bertz CT molecular complexity index is 1120. The van der Waals surface area contributed by atoms with E-state index >= 15 is 0 Å². The predicted octanol–water partition coefficient (Wildman–Crippen LogP) is 19.2. The third kappa shape index (κ3) is 55.2. The normalized spacial score (nSPS) is 12.8. The number of nitrogens with one attached hydrogen (secondary N) is 1. The zero-order valence-corrected chi connectivity index (χ0v) is 46.3. The number of hydrogen-bond acceptors (Lipinski definition) is 5. The third-order valence-electron chi connectivity index (χ3n) is 14.2. The lowest BCUT2D eigenvalue weighted by molar-refractivity contribution is -0.143. The highest BCUT2D eigenvalue weighted by Gasteiger charge is 2.18. The molecule has 0 aromatic carbocycles. The molecule has 0 aliphatic carbocycles. The Kier molecular flexibility index (Phi) is 57.0. The first kappa shape index (κ1) is 67.1. The number of aliphatic hydroxyl groups is 2. The van der Waals surface area contributed by atoms with Crippen molar-refractivity contribution in [3.63, 3.8) is 0 Å². The Balaban J connectivity index is 3.47. The summed E-state index contributed by atoms with van der Waals surface area (Å²) in [5.41, 5.74) is 0. The van der Waals surface area contributed by atoms with Crippen LogP contribution in [0.15, 0.2) is 36.5 Å². The van der Waals surface area contributed by atoms with Gasteiger partial charge in [-0.05, 0) is 64.2 Å². The Morgan fingerprint density at radius 3 is 1.12 bits per heavy atom. The molecular weight excluding hydrogens is 851 g/mol. The van der Waals surface area contributed by atoms with Crippen LogP contribution in [0.1, 0.15) is 328 Å². The van der Waals surface area contributed by atoms with Crippen LogP contribution in [0, 0.1) is 0 Å². The van der Waals surface area contributed by atoms with Crippen molar-refractivity contribution in [3.8, 4) is 0 Å². The summed E-state index contributed by atoms with van der Waals surface area (Å²) in [5.74, 6) is -0.0869. The molecule has 0 radical (unpaired) electrons. The summed E-state index contributed by atoms with van der Waals surface area (Å²) in [7, 11) is 0. The van der Waals surface area contributed by atoms with Gasteiger partial charge < -0.3 is 20.3 Å². The number of carbonyl (C=O) groups excluding carboxylic acids is 2. The molecular formula is C63H119NO5. The highest BCUT2D eigenvalue weighted by Crippen LogP contribution is 2.17. The summed E-state index contributed by atoms with van der Waals surface area (Å²) in [6, 6.07) is -0.637. The first-order valence-corrected chi connectivity index (χ1v) is 30.8. The zero-order chi connectivity index (χ0) is 50.0. The first-order chi connectivity index (χ1) is 34.0. The predicted molar refractivity (Wildman–Crippen MR) is 301 cm³/mol. The van der Waals surface area contributed by atoms with Crippen LogP contribution in [-0.2, 0) is 14.3 Å². The van der Waals surface area contributed by atoms with Crippen LogP contribution in [-0.4, -0.2) is 47.4 Å². The number of aliphatic hydroxyl groups excluding tert-OH is 2. The van der Waals surface area contributed by atoms with Crippen LogP contribution in [0.5, 0.6) is 0 Å². The second-order valence-corrected chi connectivity index (χ2v) is 21.0. The minimum absolute atomic E-state index is 0.0104. The van der Waals surface area contributed by atoms with E-state index in [0.29, 0.717) is 19.4 Å². The maximum absolute atomic E-state index is 12.5. The highest BCUT2D eigenvalue weighted by molar-refractivity contribution is 5.76. The number of amides is 1. The van der Waals surface area contributed by atoms with Gasteiger partial charge in [0.15, 0.2) is 0 Å². The van der Waals surface area contributed by atoms with Gasteiger partial charge in [0, 0.05) is 12.8 Å². The van der Waals surface area contributed by atoms with Gasteiger partial charge in [-0.25, -0.2) is 0 Å². The van der Waals surface area contributed by atoms with Gasteiger partial charge in [0.05, 0.1) is 25.4 Å². The standard InChI is InChI=1S/C63H119NO5/c1-3-5-7-9-11-13-15-17-19-21-23-24-25-27-31-35-39-43-47-51-55-61(66)60(59-65)64-62(67)56-52-48-44-40-36-32-29-30-34-38-42-46-50-54-58-69-63(68)57-53-49-45-41-37-33-28-26-22-20-18-16-14-12-10-8-6-4-2/h14,16,20,22,51,55,60-61,65-66H,3-13,15,17-19,21,23-50,52-54,56-59H2,1-2H3,(H,64,67)/b16-14-,22-20-,55-51+. The summed E-state index contributed by atoms with van der Waals surface area (Å²) in [6.45, 7) is 4.88. The minimum Gasteiger partial charge on any atom is -0.466 e. The molecule has 3 N–H and O–H groups in total. The molecule has 0 aliphatic rings. The number of esters is 1. The molecule has 1 amide bonds. The van der Waals surface area contributed by atoms with E-state index in [1.54, 1.807) is 6.08 Å². The van der Waals surface area contributed by atoms with Gasteiger partial charge in [-0.15, -0.1) is 0 Å². The van der Waals surface area contributed by atoms with Crippen LogP contribution in [0.4, 0.5) is 0 Å². The summed E-state index contributed by atoms with van der Waals surface area (Å²) >= 11 is 0. The van der Waals surface area contributed by atoms with Crippen LogP contribution in [0.3, 0.4) is 0 Å². The fourth-order valence-electron chi connectivity index (χ4n) is 9.43. The smallest absolute Gasteiger partial charge is 0.305 e. The van der Waals surface area contributed by atoms with Crippen molar-refractivity contribution in [1.82, 2.24) is 5.32 Å². The van der Waals surface area contributed by atoms with E-state index in [-0.39, 0.29) is 18.5 Å². The van der Waals surface area contributed by atoms with E-state index in [1.165, 1.54) is 238 Å². The molecule has 2 unspecified atom stereocenters. The van der Waals surface area contributed by atoms with Crippen molar-refractivity contribution in [2.45, 2.75) is 341 Å². The number of hydrogen-bond donors (Lipinski definition) is 3. The molecule has 6 heteroatoms. The number of allylic oxidation sites excluding steroid dienone is 5. The summed E-state index contributed by atoms with van der Waals surface area (Å²) in [5, 5.41) is 23.2. The molecule has 0 saturated carbocycles. The molecule has 0 bridgehead atoms. The molecule has 0 spiro atoms. The first-order valence-electron chi connectivity index (χ1n) is 30.8. The SMILES string of the molecule is CCCCCC/C=C\C/C=C\CCCCCCCCCC(=O)OCCCCCCCCCCCCCCCCC(=O)NC(CO)C(O)/C=C/CCCCCCCCCCCCCCCCCCCC. The quantitative estimate of drug-likeness (QED) is 0.0321. The lowest BCUT2D eigenvalue weighted by atomic mass is 10.0. The molecule has 6 nitrogen and oxygen atoms in total. The van der Waals surface area contributed by atoms with Crippen molar-refractivity contribution in [1.29, 1.82) is 0 Å². The Labute approximate surface area is 430 Å². The monoisotopic (exact) mass is 970 g/mol. The summed E-state index contributed by atoms with van der Waals surface area (Å²) < 4.78 is 5.48. The Morgan fingerprint density at radius 2 is 0.725 bits per heavy atom. The van der Waals surface area contributed by atoms with Gasteiger partial charge in [-0.3, -0.25) is 9.59 Å². The third-order valence-corrected chi connectivity index (χ3v) is 14.2. The minimum atomic E-state index is -0.853. The second-order valence-electron chi connectivity index (χ2n) is 21.0. The van der Waals surface area contributed by atoms with Gasteiger partial charge in [0.2, 0.25) is 5.91 Å². The molecule has 0 aromatic heterocycles. The van der Waals surface area contributed by atoms with E-state index in [0.717, 1.165) is 64.2 Å².